The SMILES string of the molecule is O=C(O)C(F)(F)F.c1cc2[nH]ncc2cc1NC1CCOCC1. The number of nitrogens with one attached hydrogen (secondary N) is 2. The number of aromatic amines is 1. The molecule has 6 nitrogen and oxygen atoms in total. The van der Waals surface area contributed by atoms with Crippen LogP contribution in [0.25, 0.3) is 10.9 Å². The van der Waals surface area contributed by atoms with Crippen molar-refractivity contribution in [2.24, 2.45) is 0 Å². The summed E-state index contributed by atoms with van der Waals surface area (Å²) in [6.45, 7) is 1.73. The number of aliphatic carboxylic acids is 1. The second kappa shape index (κ2) is 7.32. The van der Waals surface area contributed by atoms with Crippen LogP contribution < -0.4 is 5.32 Å². The Morgan fingerprint density at radius 1 is 1.35 bits per heavy atom. The van der Waals surface area contributed by atoms with Crippen molar-refractivity contribution >= 4 is 22.6 Å². The molecule has 1 aromatic heterocycles. The Balaban J connectivity index is 0.000000236. The number of halogens is 3. The summed E-state index contributed by atoms with van der Waals surface area (Å²) >= 11 is 0. The molecule has 23 heavy (non-hydrogen) atoms. The molecule has 1 saturated heterocycles. The molecule has 2 heterocycles. The maximum atomic E-state index is 10.6. The van der Waals surface area contributed by atoms with Gasteiger partial charge in [-0.2, -0.15) is 18.3 Å². The Labute approximate surface area is 129 Å². The van der Waals surface area contributed by atoms with Crippen LogP contribution in [0.1, 0.15) is 12.8 Å². The van der Waals surface area contributed by atoms with Crippen molar-refractivity contribution in [2.45, 2.75) is 25.1 Å². The number of aromatic nitrogens is 2. The lowest BCUT2D eigenvalue weighted by atomic mass is 10.1. The highest BCUT2D eigenvalue weighted by Gasteiger charge is 2.38. The predicted octanol–water partition coefficient (Wildman–Crippen LogP) is 2.79. The summed E-state index contributed by atoms with van der Waals surface area (Å²) < 4.78 is 37.1. The monoisotopic (exact) mass is 331 g/mol. The van der Waals surface area contributed by atoms with E-state index in [9.17, 15) is 13.2 Å². The number of fused-ring (bicyclic) bond motifs is 1. The van der Waals surface area contributed by atoms with Gasteiger partial charge in [0.1, 0.15) is 0 Å². The molecule has 0 unspecified atom stereocenters. The summed E-state index contributed by atoms with van der Waals surface area (Å²) in [5.74, 6) is -2.76. The number of benzene rings is 1. The van der Waals surface area contributed by atoms with Gasteiger partial charge in [-0.25, -0.2) is 4.79 Å². The standard InChI is InChI=1S/C12H15N3O.C2HF3O2/c1-2-12-9(8-13-15-12)7-11(1)14-10-3-5-16-6-4-10;3-2(4,5)1(6)7/h1-2,7-8,10,14H,3-6H2,(H,13,15);(H,6,7). The molecular weight excluding hydrogens is 315 g/mol. The maximum Gasteiger partial charge on any atom is 0.490 e. The largest absolute Gasteiger partial charge is 0.490 e. The normalized spacial score (nSPS) is 15.8. The van der Waals surface area contributed by atoms with E-state index in [2.05, 4.69) is 33.7 Å². The van der Waals surface area contributed by atoms with Crippen LogP contribution in [0.5, 0.6) is 0 Å². The van der Waals surface area contributed by atoms with Gasteiger partial charge in [0.15, 0.2) is 0 Å². The first kappa shape index (κ1) is 17.1. The van der Waals surface area contributed by atoms with E-state index in [0.29, 0.717) is 6.04 Å². The minimum Gasteiger partial charge on any atom is -0.475 e. The molecule has 1 aromatic carbocycles. The van der Waals surface area contributed by atoms with E-state index in [1.165, 1.54) is 5.69 Å². The van der Waals surface area contributed by atoms with Crippen molar-refractivity contribution < 1.29 is 27.8 Å². The molecule has 0 aliphatic carbocycles. The molecule has 3 N–H and O–H groups in total. The Morgan fingerprint density at radius 3 is 2.61 bits per heavy atom. The van der Waals surface area contributed by atoms with Gasteiger partial charge < -0.3 is 15.2 Å². The first-order valence-corrected chi connectivity index (χ1v) is 6.94. The topological polar surface area (TPSA) is 87.2 Å². The number of carbonyl (C=O) groups is 1. The van der Waals surface area contributed by atoms with E-state index < -0.39 is 12.1 Å². The van der Waals surface area contributed by atoms with Crippen LogP contribution in [-0.4, -0.2) is 46.7 Å². The van der Waals surface area contributed by atoms with Crippen molar-refractivity contribution in [3.63, 3.8) is 0 Å². The summed E-state index contributed by atoms with van der Waals surface area (Å²) in [5, 5.41) is 18.8. The molecule has 1 aliphatic rings. The zero-order valence-electron chi connectivity index (χ0n) is 12.1. The highest BCUT2D eigenvalue weighted by molar-refractivity contribution is 5.81. The fraction of sp³-hybridized carbons (Fsp3) is 0.429. The second-order valence-electron chi connectivity index (χ2n) is 5.01. The summed E-state index contributed by atoms with van der Waals surface area (Å²) in [7, 11) is 0. The minimum absolute atomic E-state index is 0.540. The number of hydrogen-bond acceptors (Lipinski definition) is 4. The van der Waals surface area contributed by atoms with Crippen LogP contribution in [0.3, 0.4) is 0 Å². The molecule has 0 saturated carbocycles. The molecule has 1 fully saturated rings. The lowest BCUT2D eigenvalue weighted by Gasteiger charge is -2.24. The molecule has 0 radical (unpaired) electrons. The van der Waals surface area contributed by atoms with Gasteiger partial charge in [-0.1, -0.05) is 0 Å². The van der Waals surface area contributed by atoms with Crippen LogP contribution in [0, 0.1) is 0 Å². The summed E-state index contributed by atoms with van der Waals surface area (Å²) in [6, 6.07) is 6.83. The number of ether oxygens (including phenoxy) is 1. The summed E-state index contributed by atoms with van der Waals surface area (Å²) in [4.78, 5) is 8.90. The quantitative estimate of drug-likeness (QED) is 0.788. The zero-order chi connectivity index (χ0) is 16.9. The van der Waals surface area contributed by atoms with Crippen molar-refractivity contribution in [1.82, 2.24) is 10.2 Å². The van der Waals surface area contributed by atoms with E-state index in [1.807, 2.05) is 6.20 Å². The third kappa shape index (κ3) is 5.13. The van der Waals surface area contributed by atoms with Gasteiger partial charge in [-0.05, 0) is 31.0 Å². The number of rotatable bonds is 2. The van der Waals surface area contributed by atoms with Gasteiger partial charge in [0.2, 0.25) is 0 Å². The molecule has 126 valence electrons. The van der Waals surface area contributed by atoms with Crippen molar-refractivity contribution in [3.05, 3.63) is 24.4 Å². The molecule has 3 rings (SSSR count). The van der Waals surface area contributed by atoms with Gasteiger partial charge in [0.05, 0.1) is 11.7 Å². The van der Waals surface area contributed by atoms with Gasteiger partial charge in [-0.15, -0.1) is 0 Å². The first-order valence-electron chi connectivity index (χ1n) is 6.94. The van der Waals surface area contributed by atoms with Crippen LogP contribution in [-0.2, 0) is 9.53 Å². The van der Waals surface area contributed by atoms with E-state index in [0.717, 1.165) is 37.0 Å². The van der Waals surface area contributed by atoms with E-state index in [1.54, 1.807) is 0 Å². The van der Waals surface area contributed by atoms with E-state index >= 15 is 0 Å². The van der Waals surface area contributed by atoms with Gasteiger partial charge in [0, 0.05) is 30.3 Å². The molecule has 0 spiro atoms. The highest BCUT2D eigenvalue weighted by atomic mass is 19.4. The molecule has 9 heteroatoms. The van der Waals surface area contributed by atoms with Crippen LogP contribution in [0.2, 0.25) is 0 Å². The Morgan fingerprint density at radius 2 is 2.00 bits per heavy atom. The van der Waals surface area contributed by atoms with Gasteiger partial charge >= 0.3 is 12.1 Å². The van der Waals surface area contributed by atoms with E-state index in [-0.39, 0.29) is 0 Å². The number of nitrogens with zero attached hydrogens (tertiary/aromatic N) is 1. The molecular formula is C14H16F3N3O3. The number of H-pyrrole nitrogens is 1. The fourth-order valence-electron chi connectivity index (χ4n) is 2.11. The molecule has 1 aliphatic heterocycles. The third-order valence-corrected chi connectivity index (χ3v) is 3.27. The lowest BCUT2D eigenvalue weighted by Crippen LogP contribution is -2.27. The zero-order valence-corrected chi connectivity index (χ0v) is 12.1. The minimum atomic E-state index is -5.08. The number of hydrogen-bond donors (Lipinski definition) is 3. The Kier molecular flexibility index (Phi) is 5.43. The fourth-order valence-corrected chi connectivity index (χ4v) is 2.11. The second-order valence-corrected chi connectivity index (χ2v) is 5.01. The van der Waals surface area contributed by atoms with Crippen LogP contribution in [0.15, 0.2) is 24.4 Å². The molecule has 0 bridgehead atoms. The van der Waals surface area contributed by atoms with Crippen LogP contribution >= 0.6 is 0 Å². The van der Waals surface area contributed by atoms with Crippen molar-refractivity contribution in [1.29, 1.82) is 0 Å². The van der Waals surface area contributed by atoms with Gasteiger partial charge in [-0.3, -0.25) is 5.10 Å². The number of carboxylic acids is 1. The maximum absolute atomic E-state index is 10.6. The molecule has 2 aromatic rings. The van der Waals surface area contributed by atoms with Crippen molar-refractivity contribution in [2.75, 3.05) is 18.5 Å². The average molecular weight is 331 g/mol. The third-order valence-electron chi connectivity index (χ3n) is 3.27. The van der Waals surface area contributed by atoms with Crippen LogP contribution in [0.4, 0.5) is 18.9 Å². The van der Waals surface area contributed by atoms with Crippen molar-refractivity contribution in [3.8, 4) is 0 Å². The van der Waals surface area contributed by atoms with Gasteiger partial charge in [0.25, 0.3) is 0 Å². The van der Waals surface area contributed by atoms with E-state index in [4.69, 9.17) is 14.6 Å². The summed E-state index contributed by atoms with van der Waals surface area (Å²) in [5.41, 5.74) is 2.25. The molecule has 0 atom stereocenters. The average Bonchev–Trinajstić information content (AvgIpc) is 2.95. The number of alkyl halides is 3. The smallest absolute Gasteiger partial charge is 0.475 e. The highest BCUT2D eigenvalue weighted by Crippen LogP contribution is 2.19. The Bertz CT molecular complexity index is 651. The number of carboxylic acid groups (broad SMARTS) is 1. The predicted molar refractivity (Wildman–Crippen MR) is 77.2 cm³/mol. The Hall–Kier alpha value is -2.29. The first-order chi connectivity index (χ1) is 10.9. The molecule has 0 amide bonds. The number of anilines is 1. The lowest BCUT2D eigenvalue weighted by molar-refractivity contribution is -0.192. The summed E-state index contributed by atoms with van der Waals surface area (Å²) in [6.07, 6.45) is -1.06.